The van der Waals surface area contributed by atoms with Crippen molar-refractivity contribution in [1.82, 2.24) is 49.5 Å². The number of nitrogens with two attached hydrogens (primary N) is 2. The quantitative estimate of drug-likeness (QED) is 0.0471. The third-order valence-corrected chi connectivity index (χ3v) is 13.5. The number of halogens is 2. The summed E-state index contributed by atoms with van der Waals surface area (Å²) in [4.78, 5) is 18.8. The van der Waals surface area contributed by atoms with E-state index in [1.54, 1.807) is 36.9 Å². The van der Waals surface area contributed by atoms with Gasteiger partial charge >= 0.3 is 19.1 Å². The van der Waals surface area contributed by atoms with Gasteiger partial charge in [0.2, 0.25) is 0 Å². The van der Waals surface area contributed by atoms with Gasteiger partial charge in [-0.2, -0.15) is 5.26 Å². The zero-order chi connectivity index (χ0) is 57.2. The SMILES string of the molecule is CO.COc1ccc(B2OC(C)(C)C(C)(C)O2)cc1.Cc1ccc(-c2ccc3ncc(-c4nnc(N)o4)c(NCCCn4ccnc4)c3c2)cc1.N#CBr.Nc1nnc(-c2cnc3ccc(Br)cc3c2NCCCn2ccnc2)o1. The number of rotatable bonds is 15. The van der Waals surface area contributed by atoms with Crippen LogP contribution in [0.25, 0.3) is 55.8 Å². The number of pyridine rings is 2. The molecular formula is C56H62BBr2N15O6. The summed E-state index contributed by atoms with van der Waals surface area (Å²) >= 11 is 5.97. The topological polar surface area (TPSA) is 287 Å². The lowest BCUT2D eigenvalue weighted by Crippen LogP contribution is -2.41. The van der Waals surface area contributed by atoms with Gasteiger partial charge in [-0.05, 0) is 107 Å². The molecule has 1 fully saturated rings. The summed E-state index contributed by atoms with van der Waals surface area (Å²) < 4.78 is 33.0. The maximum atomic E-state index is 7.24. The van der Waals surface area contributed by atoms with E-state index < -0.39 is 0 Å². The summed E-state index contributed by atoms with van der Waals surface area (Å²) in [7, 11) is 2.36. The molecule has 0 unspecified atom stereocenters. The van der Waals surface area contributed by atoms with Crippen molar-refractivity contribution in [2.75, 3.05) is 49.4 Å². The first-order chi connectivity index (χ1) is 38.6. The lowest BCUT2D eigenvalue weighted by molar-refractivity contribution is 0.00578. The van der Waals surface area contributed by atoms with Crippen molar-refractivity contribution in [2.24, 2.45) is 0 Å². The van der Waals surface area contributed by atoms with Crippen LogP contribution in [0.4, 0.5) is 23.4 Å². The van der Waals surface area contributed by atoms with Crippen molar-refractivity contribution < 1.29 is 28.0 Å². The van der Waals surface area contributed by atoms with Gasteiger partial charge in [0, 0.05) is 102 Å². The molecule has 80 heavy (non-hydrogen) atoms. The van der Waals surface area contributed by atoms with Crippen molar-refractivity contribution >= 4 is 89.7 Å². The molecule has 10 aromatic rings. The first-order valence-corrected chi connectivity index (χ1v) is 26.8. The van der Waals surface area contributed by atoms with Gasteiger partial charge in [0.1, 0.15) is 10.7 Å². The Bertz CT molecular complexity index is 3560. The summed E-state index contributed by atoms with van der Waals surface area (Å²) in [6, 6.07) is 28.5. The number of aryl methyl sites for hydroxylation is 3. The van der Waals surface area contributed by atoms with Crippen molar-refractivity contribution in [3.05, 3.63) is 145 Å². The van der Waals surface area contributed by atoms with E-state index in [0.29, 0.717) is 11.8 Å². The highest BCUT2D eigenvalue weighted by atomic mass is 79.9. The molecule has 0 saturated carbocycles. The minimum atomic E-state index is -0.300. The highest BCUT2D eigenvalue weighted by Gasteiger charge is 2.51. The molecular weight excluding hydrogens is 1150 g/mol. The summed E-state index contributed by atoms with van der Waals surface area (Å²) in [5, 5.41) is 38.9. The second kappa shape index (κ2) is 28.1. The fourth-order valence-electron chi connectivity index (χ4n) is 8.20. The van der Waals surface area contributed by atoms with Gasteiger partial charge in [-0.15, -0.1) is 10.2 Å². The minimum Gasteiger partial charge on any atom is -0.497 e. The standard InChI is InChI=1S/C24H23N7O.C17H16BrN7O.C13H19BO3.CBrN.CH4O/c1-16-3-5-17(6-4-16)18-7-8-21-19(13-18)22(27-9-2-11-31-12-10-26-15-31)20(14-28-21)23-29-30-24(25)32-23;18-11-2-3-14-12(8-11)15(21-4-1-6-25-7-5-20-10-25)13(9-22-14)16-23-24-17(19)26-16;1-12(2)13(3,4)17-14(16-12)10-6-8-11(15-5)9-7-10;2-1-3;1-2/h3-8,10,12-15H,2,9,11H2,1H3,(H2,25,30)(H,27,28);2-3,5,7-10H,1,4,6H2,(H2,19,24)(H,21,22);6-9H,1-5H3;;2H,1H3. The van der Waals surface area contributed by atoms with Crippen LogP contribution < -0.4 is 32.3 Å². The number of benzene rings is 4. The van der Waals surface area contributed by atoms with Crippen LogP contribution in [-0.4, -0.2) is 100 Å². The number of hydrogen-bond donors (Lipinski definition) is 5. The molecule has 0 aliphatic carbocycles. The number of hydrogen-bond acceptors (Lipinski definition) is 19. The number of imidazole rings is 2. The van der Waals surface area contributed by atoms with E-state index in [1.165, 1.54) is 5.56 Å². The van der Waals surface area contributed by atoms with Gasteiger partial charge in [0.15, 0.2) is 0 Å². The third-order valence-electron chi connectivity index (χ3n) is 13.0. The zero-order valence-corrected chi connectivity index (χ0v) is 48.5. The third kappa shape index (κ3) is 15.3. The maximum absolute atomic E-state index is 7.24. The van der Waals surface area contributed by atoms with E-state index >= 15 is 0 Å². The number of aromatic nitrogens is 10. The molecule has 4 aromatic carbocycles. The molecule has 0 bridgehead atoms. The Balaban J connectivity index is 0.000000173. The van der Waals surface area contributed by atoms with E-state index in [-0.39, 0.29) is 30.3 Å². The van der Waals surface area contributed by atoms with Crippen LogP contribution in [0.3, 0.4) is 0 Å². The normalized spacial score (nSPS) is 12.8. The average molecular weight is 1210 g/mol. The fraction of sp³-hybridized carbons (Fsp3) is 0.268. The Labute approximate surface area is 480 Å². The molecule has 0 atom stereocenters. The summed E-state index contributed by atoms with van der Waals surface area (Å²) in [5.74, 6) is 1.52. The molecule has 1 aliphatic heterocycles. The number of aliphatic hydroxyl groups is 1. The zero-order valence-electron chi connectivity index (χ0n) is 45.3. The molecule has 1 aliphatic rings. The minimum absolute atomic E-state index is 0.0274. The molecule has 21 nitrogen and oxygen atoms in total. The van der Waals surface area contributed by atoms with Crippen LogP contribution in [-0.2, 0) is 22.4 Å². The molecule has 24 heteroatoms. The second-order valence-corrected chi connectivity index (χ2v) is 20.1. The van der Waals surface area contributed by atoms with Crippen molar-refractivity contribution in [1.29, 1.82) is 5.26 Å². The van der Waals surface area contributed by atoms with Crippen LogP contribution in [0.2, 0.25) is 0 Å². The number of nitrogen functional groups attached to an aromatic ring is 2. The van der Waals surface area contributed by atoms with Crippen LogP contribution in [0, 0.1) is 17.2 Å². The summed E-state index contributed by atoms with van der Waals surface area (Å²) in [5.41, 5.74) is 20.2. The molecule has 0 spiro atoms. The Kier molecular flexibility index (Phi) is 20.9. The predicted molar refractivity (Wildman–Crippen MR) is 319 cm³/mol. The Morgan fingerprint density at radius 2 is 1.16 bits per heavy atom. The Morgan fingerprint density at radius 3 is 1.61 bits per heavy atom. The second-order valence-electron chi connectivity index (χ2n) is 18.9. The summed E-state index contributed by atoms with van der Waals surface area (Å²) in [6.07, 6.45) is 16.4. The van der Waals surface area contributed by atoms with Crippen LogP contribution in [0.5, 0.6) is 5.75 Å². The lowest BCUT2D eigenvalue weighted by Gasteiger charge is -2.32. The molecule has 414 valence electrons. The number of anilines is 4. The Hall–Kier alpha value is -8.21. The van der Waals surface area contributed by atoms with Crippen molar-refractivity contribution in [3.63, 3.8) is 0 Å². The predicted octanol–water partition coefficient (Wildman–Crippen LogP) is 10.3. The number of ether oxygens (including phenoxy) is 1. The fourth-order valence-corrected chi connectivity index (χ4v) is 8.56. The largest absolute Gasteiger partial charge is 0.497 e. The van der Waals surface area contributed by atoms with Crippen LogP contribution >= 0.6 is 31.9 Å². The molecule has 0 amide bonds. The van der Waals surface area contributed by atoms with Gasteiger partial charge in [-0.3, -0.25) is 9.97 Å². The molecule has 7 heterocycles. The van der Waals surface area contributed by atoms with Gasteiger partial charge in [-0.25, -0.2) is 9.97 Å². The lowest BCUT2D eigenvalue weighted by atomic mass is 9.79. The molecule has 7 N–H and O–H groups in total. The molecule has 11 rings (SSSR count). The van der Waals surface area contributed by atoms with E-state index in [1.807, 2.05) is 78.1 Å². The van der Waals surface area contributed by atoms with Crippen LogP contribution in [0.1, 0.15) is 46.1 Å². The number of nitrogens with zero attached hydrogens (tertiary/aromatic N) is 11. The monoisotopic (exact) mass is 1210 g/mol. The van der Waals surface area contributed by atoms with Gasteiger partial charge < -0.3 is 59.2 Å². The van der Waals surface area contributed by atoms with Gasteiger partial charge in [0.05, 0.1) is 64.5 Å². The highest BCUT2D eigenvalue weighted by Crippen LogP contribution is 2.38. The molecule has 6 aromatic heterocycles. The van der Waals surface area contributed by atoms with Crippen molar-refractivity contribution in [3.8, 4) is 44.8 Å². The number of aliphatic hydroxyl groups excluding tert-OH is 1. The summed E-state index contributed by atoms with van der Waals surface area (Å²) in [6.45, 7) is 13.6. The van der Waals surface area contributed by atoms with Gasteiger partial charge in [0.25, 0.3) is 11.8 Å². The van der Waals surface area contributed by atoms with E-state index in [4.69, 9.17) is 44.7 Å². The van der Waals surface area contributed by atoms with E-state index in [9.17, 15) is 0 Å². The van der Waals surface area contributed by atoms with Gasteiger partial charge in [-0.1, -0.05) is 74.2 Å². The maximum Gasteiger partial charge on any atom is 0.494 e. The molecule has 0 radical (unpaired) electrons. The van der Waals surface area contributed by atoms with Crippen LogP contribution in [0.15, 0.2) is 148 Å². The smallest absolute Gasteiger partial charge is 0.494 e. The highest BCUT2D eigenvalue weighted by molar-refractivity contribution is 9.12. The Morgan fingerprint density at radius 1 is 0.688 bits per heavy atom. The first kappa shape index (κ1) is 59.5. The first-order valence-electron chi connectivity index (χ1n) is 25.2. The number of methoxy groups -OCH3 is 1. The average Bonchev–Trinajstić information content (AvgIpc) is 4.42. The molecule has 1 saturated heterocycles. The number of fused-ring (bicyclic) bond motifs is 2. The number of nitriles is 1. The number of nitrogens with one attached hydrogen (secondary N) is 2. The van der Waals surface area contributed by atoms with Crippen molar-refractivity contribution in [2.45, 2.75) is 71.8 Å². The van der Waals surface area contributed by atoms with E-state index in [2.05, 4.69) is 158 Å². The van der Waals surface area contributed by atoms with E-state index in [0.717, 1.165) is 117 Å².